The molecule has 0 radical (unpaired) electrons. The third-order valence-electron chi connectivity index (χ3n) is 0.958. The monoisotopic (exact) mass is 146 g/mol. The standard InChI is InChI=1S/C6H14N2O2/c1-3-4-5-10-6(9)8-7-2/h7H,3-5H2,1-2H3,(H,8,9). The van der Waals surface area contributed by atoms with E-state index in [-0.39, 0.29) is 0 Å². The Labute approximate surface area is 60.9 Å². The second-order valence-corrected chi connectivity index (χ2v) is 1.86. The van der Waals surface area contributed by atoms with Gasteiger partial charge >= 0.3 is 6.09 Å². The van der Waals surface area contributed by atoms with Gasteiger partial charge < -0.3 is 4.74 Å². The molecule has 4 nitrogen and oxygen atoms in total. The van der Waals surface area contributed by atoms with E-state index < -0.39 is 6.09 Å². The molecule has 0 aromatic carbocycles. The van der Waals surface area contributed by atoms with Gasteiger partial charge in [0.05, 0.1) is 6.61 Å². The minimum atomic E-state index is -0.420. The summed E-state index contributed by atoms with van der Waals surface area (Å²) in [5.74, 6) is 0. The molecular formula is C6H14N2O2. The summed E-state index contributed by atoms with van der Waals surface area (Å²) in [6.07, 6.45) is 1.53. The molecule has 0 heterocycles. The zero-order valence-electron chi connectivity index (χ0n) is 6.44. The number of hydrazine groups is 1. The Morgan fingerprint density at radius 3 is 2.80 bits per heavy atom. The molecular weight excluding hydrogens is 132 g/mol. The van der Waals surface area contributed by atoms with Crippen LogP contribution in [0.3, 0.4) is 0 Å². The molecule has 0 atom stereocenters. The van der Waals surface area contributed by atoms with E-state index in [4.69, 9.17) is 4.74 Å². The number of nitrogens with one attached hydrogen (secondary N) is 2. The van der Waals surface area contributed by atoms with Crippen molar-refractivity contribution < 1.29 is 9.53 Å². The maximum Gasteiger partial charge on any atom is 0.421 e. The van der Waals surface area contributed by atoms with Gasteiger partial charge in [0.15, 0.2) is 0 Å². The Kier molecular flexibility index (Phi) is 5.86. The molecule has 0 saturated carbocycles. The summed E-state index contributed by atoms with van der Waals surface area (Å²) in [4.78, 5) is 10.5. The number of unbranched alkanes of at least 4 members (excludes halogenated alkanes) is 1. The van der Waals surface area contributed by atoms with E-state index in [2.05, 4.69) is 10.9 Å². The molecule has 0 aliphatic rings. The lowest BCUT2D eigenvalue weighted by molar-refractivity contribution is 0.141. The zero-order chi connectivity index (χ0) is 7.82. The molecule has 10 heavy (non-hydrogen) atoms. The smallest absolute Gasteiger partial charge is 0.421 e. The van der Waals surface area contributed by atoms with Crippen molar-refractivity contribution in [3.8, 4) is 0 Å². The molecule has 0 aliphatic carbocycles. The van der Waals surface area contributed by atoms with Crippen molar-refractivity contribution in [2.24, 2.45) is 0 Å². The molecule has 2 N–H and O–H groups in total. The fraction of sp³-hybridized carbons (Fsp3) is 0.833. The molecule has 0 aromatic heterocycles. The van der Waals surface area contributed by atoms with Gasteiger partial charge in [-0.3, -0.25) is 5.43 Å². The van der Waals surface area contributed by atoms with Gasteiger partial charge in [0.2, 0.25) is 0 Å². The van der Waals surface area contributed by atoms with Crippen molar-refractivity contribution in [2.45, 2.75) is 19.8 Å². The number of hydrogen-bond acceptors (Lipinski definition) is 3. The summed E-state index contributed by atoms with van der Waals surface area (Å²) in [5, 5.41) is 0. The first-order valence-electron chi connectivity index (χ1n) is 3.40. The molecule has 0 rings (SSSR count). The molecule has 0 spiro atoms. The van der Waals surface area contributed by atoms with Crippen molar-refractivity contribution in [3.05, 3.63) is 0 Å². The van der Waals surface area contributed by atoms with Gasteiger partial charge in [0.25, 0.3) is 0 Å². The lowest BCUT2D eigenvalue weighted by Gasteiger charge is -2.03. The van der Waals surface area contributed by atoms with Crippen LogP contribution >= 0.6 is 0 Å². The molecule has 0 saturated heterocycles. The highest BCUT2D eigenvalue weighted by Gasteiger charge is 1.95. The largest absolute Gasteiger partial charge is 0.449 e. The normalized spacial score (nSPS) is 9.00. The summed E-state index contributed by atoms with van der Waals surface area (Å²) in [7, 11) is 1.61. The first-order valence-corrected chi connectivity index (χ1v) is 3.40. The number of amides is 1. The van der Waals surface area contributed by atoms with Gasteiger partial charge in [-0.2, -0.15) is 0 Å². The average molecular weight is 146 g/mol. The summed E-state index contributed by atoms with van der Waals surface area (Å²) in [6.45, 7) is 2.53. The Morgan fingerprint density at radius 2 is 2.30 bits per heavy atom. The lowest BCUT2D eigenvalue weighted by Crippen LogP contribution is -2.34. The van der Waals surface area contributed by atoms with Gasteiger partial charge in [0, 0.05) is 7.05 Å². The van der Waals surface area contributed by atoms with Gasteiger partial charge in [-0.15, -0.1) is 0 Å². The summed E-state index contributed by atoms with van der Waals surface area (Å²) >= 11 is 0. The van der Waals surface area contributed by atoms with Crippen LogP contribution in [0.25, 0.3) is 0 Å². The molecule has 1 amide bonds. The van der Waals surface area contributed by atoms with Crippen molar-refractivity contribution >= 4 is 6.09 Å². The van der Waals surface area contributed by atoms with Gasteiger partial charge in [-0.1, -0.05) is 13.3 Å². The van der Waals surface area contributed by atoms with Crippen LogP contribution in [-0.2, 0) is 4.74 Å². The number of hydrogen-bond donors (Lipinski definition) is 2. The van der Waals surface area contributed by atoms with Crippen molar-refractivity contribution in [2.75, 3.05) is 13.7 Å². The van der Waals surface area contributed by atoms with Crippen LogP contribution in [0.4, 0.5) is 4.79 Å². The van der Waals surface area contributed by atoms with Crippen LogP contribution in [0, 0.1) is 0 Å². The first kappa shape index (κ1) is 9.23. The highest BCUT2D eigenvalue weighted by atomic mass is 16.6. The van der Waals surface area contributed by atoms with E-state index in [1.54, 1.807) is 7.05 Å². The number of carbonyl (C=O) groups is 1. The van der Waals surface area contributed by atoms with Crippen LogP contribution in [0.2, 0.25) is 0 Å². The average Bonchev–Trinajstić information content (AvgIpc) is 1.89. The van der Waals surface area contributed by atoms with Crippen molar-refractivity contribution in [1.29, 1.82) is 0 Å². The van der Waals surface area contributed by atoms with E-state index in [0.29, 0.717) is 6.61 Å². The fourth-order valence-electron chi connectivity index (χ4n) is 0.447. The number of ether oxygens (including phenoxy) is 1. The molecule has 4 heteroatoms. The van der Waals surface area contributed by atoms with Crippen molar-refractivity contribution in [3.63, 3.8) is 0 Å². The minimum Gasteiger partial charge on any atom is -0.449 e. The predicted molar refractivity (Wildman–Crippen MR) is 38.5 cm³/mol. The summed E-state index contributed by atoms with van der Waals surface area (Å²) in [5.41, 5.74) is 4.76. The van der Waals surface area contributed by atoms with E-state index in [1.807, 2.05) is 6.92 Å². The Hall–Kier alpha value is -0.770. The SMILES string of the molecule is CCCCOC(=O)NNC. The molecule has 60 valence electrons. The highest BCUT2D eigenvalue weighted by molar-refractivity contribution is 5.66. The Morgan fingerprint density at radius 1 is 1.60 bits per heavy atom. The van der Waals surface area contributed by atoms with E-state index >= 15 is 0 Å². The zero-order valence-corrected chi connectivity index (χ0v) is 6.44. The van der Waals surface area contributed by atoms with Crippen LogP contribution in [-0.4, -0.2) is 19.7 Å². The van der Waals surface area contributed by atoms with Crippen LogP contribution < -0.4 is 10.9 Å². The lowest BCUT2D eigenvalue weighted by atomic mass is 10.4. The van der Waals surface area contributed by atoms with Crippen LogP contribution in [0.5, 0.6) is 0 Å². The van der Waals surface area contributed by atoms with E-state index in [1.165, 1.54) is 0 Å². The second kappa shape index (κ2) is 6.35. The van der Waals surface area contributed by atoms with Crippen LogP contribution in [0.15, 0.2) is 0 Å². The quantitative estimate of drug-likeness (QED) is 0.452. The third kappa shape index (κ3) is 5.37. The number of rotatable bonds is 4. The topological polar surface area (TPSA) is 50.4 Å². The molecule has 0 unspecified atom stereocenters. The van der Waals surface area contributed by atoms with Gasteiger partial charge in [-0.05, 0) is 6.42 Å². The fourth-order valence-corrected chi connectivity index (χ4v) is 0.447. The number of carbonyl (C=O) groups excluding carboxylic acids is 1. The maximum absolute atomic E-state index is 10.5. The Bertz CT molecular complexity index is 95.7. The molecule has 0 aromatic rings. The molecule has 0 fully saturated rings. The van der Waals surface area contributed by atoms with E-state index in [0.717, 1.165) is 12.8 Å². The van der Waals surface area contributed by atoms with Gasteiger partial charge in [-0.25, -0.2) is 10.2 Å². The Balaban J connectivity index is 3.05. The predicted octanol–water partition coefficient (Wildman–Crippen LogP) is 0.647. The minimum absolute atomic E-state index is 0.420. The second-order valence-electron chi connectivity index (χ2n) is 1.86. The van der Waals surface area contributed by atoms with Gasteiger partial charge in [0.1, 0.15) is 0 Å². The highest BCUT2D eigenvalue weighted by Crippen LogP contribution is 1.86. The maximum atomic E-state index is 10.5. The first-order chi connectivity index (χ1) is 4.81. The third-order valence-corrected chi connectivity index (χ3v) is 0.958. The van der Waals surface area contributed by atoms with Crippen molar-refractivity contribution in [1.82, 2.24) is 10.9 Å². The molecule has 0 aliphatic heterocycles. The summed E-state index contributed by atoms with van der Waals surface area (Å²) in [6, 6.07) is 0. The molecule has 0 bridgehead atoms. The summed E-state index contributed by atoms with van der Waals surface area (Å²) < 4.78 is 4.71. The van der Waals surface area contributed by atoms with Crippen LogP contribution in [0.1, 0.15) is 19.8 Å². The van der Waals surface area contributed by atoms with E-state index in [9.17, 15) is 4.79 Å².